The van der Waals surface area contributed by atoms with Crippen LogP contribution in [0.4, 0.5) is 20.3 Å². The first kappa shape index (κ1) is 25.5. The Bertz CT molecular complexity index is 1710. The minimum Gasteiger partial charge on any atom is -0.495 e. The van der Waals surface area contributed by atoms with Gasteiger partial charge in [0, 0.05) is 28.4 Å². The lowest BCUT2D eigenvalue weighted by molar-refractivity contribution is 0.357. The van der Waals surface area contributed by atoms with Gasteiger partial charge in [0.15, 0.2) is 15.7 Å². The molecule has 3 N–H and O–H groups in total. The molecule has 5 rings (SSSR count). The van der Waals surface area contributed by atoms with Crippen molar-refractivity contribution in [3.8, 4) is 16.9 Å². The number of benzene rings is 2. The van der Waals surface area contributed by atoms with Crippen molar-refractivity contribution < 1.29 is 21.9 Å². The van der Waals surface area contributed by atoms with E-state index in [-0.39, 0.29) is 0 Å². The van der Waals surface area contributed by atoms with E-state index in [2.05, 4.69) is 20.3 Å². The molecular weight excluding hydrogens is 512 g/mol. The van der Waals surface area contributed by atoms with E-state index in [0.717, 1.165) is 12.3 Å². The zero-order chi connectivity index (χ0) is 27.3. The molecular formula is C27H25F2N5O3S. The third-order valence-corrected chi connectivity index (χ3v) is 9.07. The van der Waals surface area contributed by atoms with Gasteiger partial charge in [0.2, 0.25) is 0 Å². The summed E-state index contributed by atoms with van der Waals surface area (Å²) in [5.74, 6) is -0.696. The number of methoxy groups -OCH3 is 1. The summed E-state index contributed by atoms with van der Waals surface area (Å²) < 4.78 is 60.6. The molecule has 0 saturated carbocycles. The van der Waals surface area contributed by atoms with Gasteiger partial charge in [0.1, 0.15) is 22.9 Å². The van der Waals surface area contributed by atoms with Crippen molar-refractivity contribution >= 4 is 38.1 Å². The van der Waals surface area contributed by atoms with Crippen LogP contribution in [0.1, 0.15) is 19.4 Å². The van der Waals surface area contributed by atoms with Crippen LogP contribution < -0.4 is 15.8 Å². The molecule has 2 aromatic heterocycles. The van der Waals surface area contributed by atoms with Gasteiger partial charge in [-0.2, -0.15) is 0 Å². The zero-order valence-corrected chi connectivity index (χ0v) is 21.7. The first-order valence-electron chi connectivity index (χ1n) is 11.7. The molecule has 11 heteroatoms. The van der Waals surface area contributed by atoms with Gasteiger partial charge < -0.3 is 15.8 Å². The van der Waals surface area contributed by atoms with Crippen LogP contribution in [0.15, 0.2) is 72.0 Å². The molecule has 0 aliphatic carbocycles. The summed E-state index contributed by atoms with van der Waals surface area (Å²) in [6.45, 7) is 2.46. The van der Waals surface area contributed by atoms with E-state index < -0.39 is 37.8 Å². The van der Waals surface area contributed by atoms with Gasteiger partial charge in [-0.05, 0) is 43.7 Å². The molecule has 2 aromatic carbocycles. The van der Waals surface area contributed by atoms with Crippen LogP contribution in [-0.4, -0.2) is 42.1 Å². The number of sulfone groups is 1. The van der Waals surface area contributed by atoms with Gasteiger partial charge in [-0.25, -0.2) is 27.2 Å². The number of anilines is 2. The van der Waals surface area contributed by atoms with Crippen molar-refractivity contribution in [2.75, 3.05) is 18.2 Å². The number of nitrogens with two attached hydrogens (primary N) is 1. The number of pyridine rings is 2. The molecule has 0 saturated heterocycles. The highest BCUT2D eigenvalue weighted by Crippen LogP contribution is 2.41. The van der Waals surface area contributed by atoms with Gasteiger partial charge in [-0.3, -0.25) is 4.99 Å². The summed E-state index contributed by atoms with van der Waals surface area (Å²) in [5.41, 5.74) is 6.63. The predicted octanol–water partition coefficient (Wildman–Crippen LogP) is 4.87. The number of hydrogen-bond donors (Lipinski definition) is 2. The number of aliphatic imine (C=N–C) groups is 1. The average Bonchev–Trinajstić information content (AvgIpc) is 2.87. The minimum atomic E-state index is -4.28. The van der Waals surface area contributed by atoms with Crippen LogP contribution in [0, 0.1) is 5.82 Å². The van der Waals surface area contributed by atoms with Crippen molar-refractivity contribution in [3.05, 3.63) is 78.4 Å². The average molecular weight is 538 g/mol. The lowest BCUT2D eigenvalue weighted by Gasteiger charge is -2.35. The van der Waals surface area contributed by atoms with Crippen molar-refractivity contribution in [2.24, 2.45) is 10.7 Å². The fourth-order valence-electron chi connectivity index (χ4n) is 4.48. The van der Waals surface area contributed by atoms with Crippen molar-refractivity contribution in [1.82, 2.24) is 9.97 Å². The largest absolute Gasteiger partial charge is 0.495 e. The summed E-state index contributed by atoms with van der Waals surface area (Å²) in [6.07, 6.45) is 3.16. The predicted molar refractivity (Wildman–Crippen MR) is 143 cm³/mol. The van der Waals surface area contributed by atoms with Crippen LogP contribution in [0.5, 0.6) is 5.75 Å². The summed E-state index contributed by atoms with van der Waals surface area (Å²) in [5, 5.41) is 1.24. The molecule has 4 aromatic rings. The number of hydrogen-bond acceptors (Lipinski definition) is 8. The van der Waals surface area contributed by atoms with Crippen LogP contribution in [0.2, 0.25) is 0 Å². The molecule has 38 heavy (non-hydrogen) atoms. The van der Waals surface area contributed by atoms with Crippen LogP contribution >= 0.6 is 0 Å². The lowest BCUT2D eigenvalue weighted by atomic mass is 9.91. The quantitative estimate of drug-likeness (QED) is 0.373. The SMILES string of the molecule is COc1cnc2c(Nc3cc([C@]4(C)CS(=O)(=O)[C@@](C)(F)C(N)=N4)ccc3-c3ccccc3F)nccc2c1. The summed E-state index contributed by atoms with van der Waals surface area (Å²) >= 11 is 0. The van der Waals surface area contributed by atoms with Crippen molar-refractivity contribution in [3.63, 3.8) is 0 Å². The van der Waals surface area contributed by atoms with E-state index >= 15 is 0 Å². The number of amidine groups is 1. The molecule has 0 unspecified atom stereocenters. The van der Waals surface area contributed by atoms with Gasteiger partial charge in [-0.15, -0.1) is 0 Å². The number of nitrogens with one attached hydrogen (secondary N) is 1. The lowest BCUT2D eigenvalue weighted by Crippen LogP contribution is -2.54. The van der Waals surface area contributed by atoms with E-state index in [1.807, 2.05) is 6.07 Å². The van der Waals surface area contributed by atoms with Crippen molar-refractivity contribution in [1.29, 1.82) is 0 Å². The first-order chi connectivity index (χ1) is 17.9. The molecule has 0 amide bonds. The van der Waals surface area contributed by atoms with Crippen LogP contribution in [-0.2, 0) is 15.4 Å². The third kappa shape index (κ3) is 4.22. The Labute approximate surface area is 218 Å². The second-order valence-electron chi connectivity index (χ2n) is 9.42. The number of aromatic nitrogens is 2. The molecule has 0 radical (unpaired) electrons. The highest BCUT2D eigenvalue weighted by atomic mass is 32.2. The highest BCUT2D eigenvalue weighted by molar-refractivity contribution is 7.93. The third-order valence-electron chi connectivity index (χ3n) is 6.75. The normalized spacial score (nSPS) is 22.6. The topological polar surface area (TPSA) is 120 Å². The Morgan fingerprint density at radius 3 is 2.53 bits per heavy atom. The Morgan fingerprint density at radius 1 is 1.05 bits per heavy atom. The summed E-state index contributed by atoms with van der Waals surface area (Å²) in [6, 6.07) is 14.8. The Hall–Kier alpha value is -4.12. The summed E-state index contributed by atoms with van der Waals surface area (Å²) in [4.78, 5) is 13.1. The highest BCUT2D eigenvalue weighted by Gasteiger charge is 2.52. The van der Waals surface area contributed by atoms with E-state index in [9.17, 15) is 17.2 Å². The Balaban J connectivity index is 1.69. The van der Waals surface area contributed by atoms with E-state index in [0.29, 0.717) is 39.5 Å². The molecule has 1 aliphatic rings. The Kier molecular flexibility index (Phi) is 6.06. The Morgan fingerprint density at radius 2 is 1.82 bits per heavy atom. The summed E-state index contributed by atoms with van der Waals surface area (Å²) in [7, 11) is -2.74. The number of ether oxygens (including phenoxy) is 1. The fourth-order valence-corrected chi connectivity index (χ4v) is 6.08. The molecule has 1 aliphatic heterocycles. The van der Waals surface area contributed by atoms with Gasteiger partial charge in [0.25, 0.3) is 5.00 Å². The monoisotopic (exact) mass is 537 g/mol. The molecule has 3 heterocycles. The maximum absolute atomic E-state index is 14.9. The maximum atomic E-state index is 14.9. The van der Waals surface area contributed by atoms with E-state index in [4.69, 9.17) is 10.5 Å². The first-order valence-corrected chi connectivity index (χ1v) is 13.3. The van der Waals surface area contributed by atoms with Gasteiger partial charge in [-0.1, -0.05) is 30.3 Å². The van der Waals surface area contributed by atoms with E-state index in [1.165, 1.54) is 6.07 Å². The zero-order valence-electron chi connectivity index (χ0n) is 20.9. The molecule has 196 valence electrons. The second kappa shape index (κ2) is 9.02. The standard InChI is InChI=1S/C27H25F2N5O3S/c1-26(15-38(35,36)27(2,29)25(30)34-26)17-8-9-20(19-6-4-5-7-21(19)28)22(13-17)33-24-23-16(10-11-31-24)12-18(37-3)14-32-23/h4-14H,15H2,1-3H3,(H2,30,34)(H,31,33)/t26-,27+/m0/s1. The molecule has 0 fully saturated rings. The molecule has 0 spiro atoms. The van der Waals surface area contributed by atoms with Crippen molar-refractivity contribution in [2.45, 2.75) is 24.4 Å². The van der Waals surface area contributed by atoms with Crippen LogP contribution in [0.25, 0.3) is 22.0 Å². The number of fused-ring (bicyclic) bond motifs is 1. The molecule has 2 atom stereocenters. The van der Waals surface area contributed by atoms with Gasteiger partial charge >= 0.3 is 0 Å². The van der Waals surface area contributed by atoms with Crippen LogP contribution in [0.3, 0.4) is 0 Å². The smallest absolute Gasteiger partial charge is 0.263 e. The number of alkyl halides is 1. The fraction of sp³-hybridized carbons (Fsp3) is 0.222. The number of halogens is 2. The minimum absolute atomic E-state index is 0.317. The molecule has 0 bridgehead atoms. The maximum Gasteiger partial charge on any atom is 0.263 e. The van der Waals surface area contributed by atoms with E-state index in [1.54, 1.807) is 68.9 Å². The number of nitrogens with zero attached hydrogens (tertiary/aromatic N) is 3. The molecule has 8 nitrogen and oxygen atoms in total. The second-order valence-corrected chi connectivity index (χ2v) is 11.7. The number of rotatable bonds is 5. The van der Waals surface area contributed by atoms with Gasteiger partial charge in [0.05, 0.1) is 24.6 Å².